The molecule has 1 fully saturated rings. The zero-order valence-corrected chi connectivity index (χ0v) is 22.8. The van der Waals surface area contributed by atoms with E-state index >= 15 is 0 Å². The Morgan fingerprint density at radius 2 is 1.75 bits per heavy atom. The lowest BCUT2D eigenvalue weighted by Gasteiger charge is -2.37. The van der Waals surface area contributed by atoms with E-state index in [1.165, 1.54) is 16.8 Å². The second-order valence-corrected chi connectivity index (χ2v) is 10.3. The van der Waals surface area contributed by atoms with Crippen LogP contribution < -0.4 is 15.5 Å². The van der Waals surface area contributed by atoms with Gasteiger partial charge in [0.15, 0.2) is 5.82 Å². The first-order valence-corrected chi connectivity index (χ1v) is 13.7. The quantitative estimate of drug-likeness (QED) is 0.288. The number of carbonyl (C=O) groups is 1. The van der Waals surface area contributed by atoms with Crippen LogP contribution in [0.25, 0.3) is 16.7 Å². The molecule has 1 aliphatic rings. The second-order valence-electron chi connectivity index (χ2n) is 10.3. The summed E-state index contributed by atoms with van der Waals surface area (Å²) < 4.78 is 1.66. The summed E-state index contributed by atoms with van der Waals surface area (Å²) in [7, 11) is 0. The van der Waals surface area contributed by atoms with Crippen molar-refractivity contribution in [2.75, 3.05) is 49.5 Å². The van der Waals surface area contributed by atoms with Gasteiger partial charge in [-0.05, 0) is 90.8 Å². The minimum Gasteiger partial charge on any atom is -0.369 e. The highest BCUT2D eigenvalue weighted by atomic mass is 16.1. The number of aryl methyl sites for hydroxylation is 2. The number of fused-ring (bicyclic) bond motifs is 3. The number of hydrogen-bond donors (Lipinski definition) is 2. The lowest BCUT2D eigenvalue weighted by atomic mass is 10.1. The molecule has 5 aromatic rings. The van der Waals surface area contributed by atoms with Gasteiger partial charge < -0.3 is 15.5 Å². The fourth-order valence-corrected chi connectivity index (χ4v) is 5.21. The minimum atomic E-state index is -0.0702. The van der Waals surface area contributed by atoms with E-state index < -0.39 is 0 Å². The van der Waals surface area contributed by atoms with Gasteiger partial charge in [0.2, 0.25) is 5.65 Å². The summed E-state index contributed by atoms with van der Waals surface area (Å²) >= 11 is 0. The maximum atomic E-state index is 12.7. The van der Waals surface area contributed by atoms with Crippen molar-refractivity contribution in [1.29, 1.82) is 0 Å². The maximum absolute atomic E-state index is 12.7. The van der Waals surface area contributed by atoms with E-state index in [4.69, 9.17) is 0 Å². The third kappa shape index (κ3) is 5.43. The first-order chi connectivity index (χ1) is 19.5. The summed E-state index contributed by atoms with van der Waals surface area (Å²) in [6.45, 7) is 10.1. The number of hydrogen-bond acceptors (Lipinski definition) is 8. The van der Waals surface area contributed by atoms with Crippen molar-refractivity contribution < 1.29 is 4.79 Å². The number of amides is 1. The van der Waals surface area contributed by atoms with Crippen LogP contribution in [0.2, 0.25) is 0 Å². The average molecular weight is 536 g/mol. The van der Waals surface area contributed by atoms with Gasteiger partial charge in [0.05, 0.1) is 11.0 Å². The summed E-state index contributed by atoms with van der Waals surface area (Å²) in [5, 5.41) is 18.4. The van der Waals surface area contributed by atoms with Gasteiger partial charge in [0, 0.05) is 49.7 Å². The lowest BCUT2D eigenvalue weighted by Crippen LogP contribution is -2.47. The van der Waals surface area contributed by atoms with Gasteiger partial charge in [-0.2, -0.15) is 4.52 Å². The Hall–Kier alpha value is -4.57. The van der Waals surface area contributed by atoms with Gasteiger partial charge in [-0.15, -0.1) is 5.10 Å². The smallest absolute Gasteiger partial charge is 0.251 e. The van der Waals surface area contributed by atoms with Gasteiger partial charge in [0.1, 0.15) is 0 Å². The summed E-state index contributed by atoms with van der Waals surface area (Å²) in [4.78, 5) is 22.4. The maximum Gasteiger partial charge on any atom is 0.251 e. The highest BCUT2D eigenvalue weighted by molar-refractivity contribution is 5.94. The third-order valence-corrected chi connectivity index (χ3v) is 7.45. The zero-order chi connectivity index (χ0) is 27.5. The second kappa shape index (κ2) is 11.3. The molecular weight excluding hydrogens is 502 g/mol. The third-order valence-electron chi connectivity index (χ3n) is 7.45. The molecule has 10 heteroatoms. The van der Waals surface area contributed by atoms with Crippen LogP contribution in [0.5, 0.6) is 0 Å². The van der Waals surface area contributed by atoms with Crippen LogP contribution in [-0.2, 0) is 0 Å². The minimum absolute atomic E-state index is 0.0702. The van der Waals surface area contributed by atoms with Crippen LogP contribution in [0.1, 0.15) is 27.9 Å². The van der Waals surface area contributed by atoms with Crippen molar-refractivity contribution in [2.45, 2.75) is 20.3 Å². The summed E-state index contributed by atoms with van der Waals surface area (Å²) in [6.07, 6.45) is 0.921. The van der Waals surface area contributed by atoms with Crippen LogP contribution in [0.3, 0.4) is 0 Å². The molecule has 2 N–H and O–H groups in total. The Labute approximate surface area is 233 Å². The Morgan fingerprint density at radius 1 is 0.950 bits per heavy atom. The number of para-hydroxylation sites is 2. The number of nitrogens with zero attached hydrogens (tertiary/aromatic N) is 7. The Morgan fingerprint density at radius 3 is 2.58 bits per heavy atom. The Kier molecular flexibility index (Phi) is 7.24. The molecule has 204 valence electrons. The number of aromatic nitrogens is 5. The molecule has 0 saturated carbocycles. The van der Waals surface area contributed by atoms with Gasteiger partial charge in [-0.1, -0.05) is 24.3 Å². The van der Waals surface area contributed by atoms with Gasteiger partial charge in [-0.3, -0.25) is 9.69 Å². The van der Waals surface area contributed by atoms with Gasteiger partial charge >= 0.3 is 0 Å². The van der Waals surface area contributed by atoms with Crippen molar-refractivity contribution >= 4 is 39.8 Å². The van der Waals surface area contributed by atoms with E-state index in [-0.39, 0.29) is 5.91 Å². The molecule has 0 atom stereocenters. The molecule has 1 amide bonds. The van der Waals surface area contributed by atoms with Crippen LogP contribution in [0.4, 0.5) is 17.2 Å². The SMILES string of the molecule is Cc1ccc(C)c(N2CCN(CCCNC(=O)c3ccc(Nc4nc5ccccc5n5nnnc45)cc3)CC2)c1. The molecule has 1 aliphatic heterocycles. The van der Waals surface area contributed by atoms with Crippen molar-refractivity contribution in [3.8, 4) is 0 Å². The van der Waals surface area contributed by atoms with Gasteiger partial charge in [-0.25, -0.2) is 4.98 Å². The Balaban J connectivity index is 0.978. The molecule has 0 unspecified atom stereocenters. The van der Waals surface area contributed by atoms with Crippen LogP contribution in [0, 0.1) is 13.8 Å². The molecule has 0 bridgehead atoms. The predicted molar refractivity (Wildman–Crippen MR) is 157 cm³/mol. The fourth-order valence-electron chi connectivity index (χ4n) is 5.21. The number of tetrazole rings is 1. The number of anilines is 3. The monoisotopic (exact) mass is 535 g/mol. The highest BCUT2D eigenvalue weighted by Gasteiger charge is 2.18. The molecule has 0 radical (unpaired) electrons. The molecule has 10 nitrogen and oxygen atoms in total. The average Bonchev–Trinajstić information content (AvgIpc) is 3.48. The number of rotatable bonds is 8. The molecule has 0 aliphatic carbocycles. The van der Waals surface area contributed by atoms with E-state index in [0.717, 1.165) is 55.9 Å². The molecule has 40 heavy (non-hydrogen) atoms. The number of nitrogens with one attached hydrogen (secondary N) is 2. The van der Waals surface area contributed by atoms with Crippen molar-refractivity contribution in [3.05, 3.63) is 83.4 Å². The molecule has 1 saturated heterocycles. The molecule has 3 aromatic carbocycles. The van der Waals surface area contributed by atoms with E-state index in [1.807, 2.05) is 48.5 Å². The lowest BCUT2D eigenvalue weighted by molar-refractivity contribution is 0.0951. The molecule has 0 spiro atoms. The zero-order valence-electron chi connectivity index (χ0n) is 22.8. The van der Waals surface area contributed by atoms with Gasteiger partial charge in [0.25, 0.3) is 5.91 Å². The standard InChI is InChI=1S/C30H33N9O/c1-21-8-9-22(2)27(20-21)38-18-16-37(17-19-38)15-5-14-31-30(40)23-10-12-24(13-11-23)32-28-29-34-35-36-39(29)26-7-4-3-6-25(26)33-28/h3-4,6-13,20H,5,14-19H2,1-2H3,(H,31,40)(H,32,33). The van der Waals surface area contributed by atoms with E-state index in [1.54, 1.807) is 4.52 Å². The van der Waals surface area contributed by atoms with Crippen molar-refractivity contribution in [1.82, 2.24) is 35.2 Å². The normalized spacial score (nSPS) is 14.1. The highest BCUT2D eigenvalue weighted by Crippen LogP contribution is 2.24. The van der Waals surface area contributed by atoms with E-state index in [0.29, 0.717) is 23.6 Å². The van der Waals surface area contributed by atoms with E-state index in [9.17, 15) is 4.79 Å². The molecule has 6 rings (SSSR count). The van der Waals surface area contributed by atoms with Crippen LogP contribution >= 0.6 is 0 Å². The predicted octanol–water partition coefficient (Wildman–Crippen LogP) is 3.98. The summed E-state index contributed by atoms with van der Waals surface area (Å²) in [5.41, 5.74) is 7.55. The first kappa shape index (κ1) is 25.7. The molecular formula is C30H33N9O. The van der Waals surface area contributed by atoms with E-state index in [2.05, 4.69) is 73.0 Å². The fraction of sp³-hybridized carbons (Fsp3) is 0.300. The van der Waals surface area contributed by atoms with Crippen molar-refractivity contribution in [3.63, 3.8) is 0 Å². The molecule has 2 aromatic heterocycles. The molecule has 3 heterocycles. The largest absolute Gasteiger partial charge is 0.369 e. The number of carbonyl (C=O) groups excluding carboxylic acids is 1. The Bertz CT molecular complexity index is 1640. The summed E-state index contributed by atoms with van der Waals surface area (Å²) in [6, 6.07) is 21.7. The van der Waals surface area contributed by atoms with Crippen LogP contribution in [0.15, 0.2) is 66.7 Å². The number of piperazine rings is 1. The first-order valence-electron chi connectivity index (χ1n) is 13.7. The van der Waals surface area contributed by atoms with Crippen LogP contribution in [-0.4, -0.2) is 75.1 Å². The summed E-state index contributed by atoms with van der Waals surface area (Å²) in [5.74, 6) is 0.481. The van der Waals surface area contributed by atoms with Crippen molar-refractivity contribution in [2.24, 2.45) is 0 Å². The topological polar surface area (TPSA) is 104 Å². The number of benzene rings is 3.